The molecule has 0 saturated carbocycles. The SMILES string of the molecule is Nc1cccc(C(=O)O)c1-c1ccc(-c2ccc(Cl)c(Cl)c2)cc1. The van der Waals surface area contributed by atoms with Crippen LogP contribution in [0, 0.1) is 0 Å². The van der Waals surface area contributed by atoms with Crippen molar-refractivity contribution in [3.05, 3.63) is 76.3 Å². The molecule has 0 atom stereocenters. The fraction of sp³-hybridized carbons (Fsp3) is 0. The number of rotatable bonds is 3. The van der Waals surface area contributed by atoms with Gasteiger partial charge in [-0.1, -0.05) is 59.6 Å². The molecule has 0 heterocycles. The van der Waals surface area contributed by atoms with Crippen LogP contribution in [0.15, 0.2) is 60.7 Å². The lowest BCUT2D eigenvalue weighted by molar-refractivity contribution is 0.0698. The van der Waals surface area contributed by atoms with E-state index in [0.29, 0.717) is 21.3 Å². The summed E-state index contributed by atoms with van der Waals surface area (Å²) in [6.07, 6.45) is 0. The summed E-state index contributed by atoms with van der Waals surface area (Å²) in [5.41, 5.74) is 9.73. The Kier molecular flexibility index (Phi) is 4.47. The summed E-state index contributed by atoms with van der Waals surface area (Å²) in [7, 11) is 0. The second-order valence-electron chi connectivity index (χ2n) is 5.28. The summed E-state index contributed by atoms with van der Waals surface area (Å²) in [5.74, 6) is -1.01. The first kappa shape index (κ1) is 16.4. The standard InChI is InChI=1S/C19H13Cl2NO2/c20-15-9-8-13(10-16(15)21)11-4-6-12(7-5-11)18-14(19(23)24)2-1-3-17(18)22/h1-10H,22H2,(H,23,24). The third-order valence-corrected chi connectivity index (χ3v) is 4.49. The van der Waals surface area contributed by atoms with Crippen LogP contribution in [0.25, 0.3) is 22.3 Å². The van der Waals surface area contributed by atoms with Gasteiger partial charge in [-0.25, -0.2) is 4.79 Å². The van der Waals surface area contributed by atoms with Gasteiger partial charge in [0.05, 0.1) is 15.6 Å². The quantitative estimate of drug-likeness (QED) is 0.599. The summed E-state index contributed by atoms with van der Waals surface area (Å²) >= 11 is 12.0. The van der Waals surface area contributed by atoms with Gasteiger partial charge in [0.2, 0.25) is 0 Å². The molecular formula is C19H13Cl2NO2. The molecule has 3 nitrogen and oxygen atoms in total. The lowest BCUT2D eigenvalue weighted by atomic mass is 9.95. The first-order chi connectivity index (χ1) is 11.5. The van der Waals surface area contributed by atoms with Crippen LogP contribution >= 0.6 is 23.2 Å². The van der Waals surface area contributed by atoms with E-state index in [4.69, 9.17) is 28.9 Å². The van der Waals surface area contributed by atoms with Crippen LogP contribution in [-0.4, -0.2) is 11.1 Å². The molecule has 0 unspecified atom stereocenters. The van der Waals surface area contributed by atoms with Crippen molar-refractivity contribution < 1.29 is 9.90 Å². The van der Waals surface area contributed by atoms with E-state index in [-0.39, 0.29) is 5.56 Å². The van der Waals surface area contributed by atoms with Crippen molar-refractivity contribution in [1.29, 1.82) is 0 Å². The maximum atomic E-state index is 11.4. The molecule has 3 aromatic carbocycles. The molecule has 0 bridgehead atoms. The number of aromatic carboxylic acids is 1. The van der Waals surface area contributed by atoms with E-state index < -0.39 is 5.97 Å². The van der Waals surface area contributed by atoms with Gasteiger partial charge in [0.25, 0.3) is 0 Å². The minimum Gasteiger partial charge on any atom is -0.478 e. The lowest BCUT2D eigenvalue weighted by Gasteiger charge is -2.11. The summed E-state index contributed by atoms with van der Waals surface area (Å²) in [6.45, 7) is 0. The zero-order valence-electron chi connectivity index (χ0n) is 12.5. The van der Waals surface area contributed by atoms with Crippen LogP contribution in [0.5, 0.6) is 0 Å². The number of benzene rings is 3. The van der Waals surface area contributed by atoms with Crippen LogP contribution in [0.2, 0.25) is 10.0 Å². The van der Waals surface area contributed by atoms with Crippen LogP contribution in [0.3, 0.4) is 0 Å². The van der Waals surface area contributed by atoms with Crippen LogP contribution in [-0.2, 0) is 0 Å². The van der Waals surface area contributed by atoms with Gasteiger partial charge in [0.1, 0.15) is 0 Å². The Labute approximate surface area is 149 Å². The van der Waals surface area contributed by atoms with E-state index in [9.17, 15) is 9.90 Å². The maximum Gasteiger partial charge on any atom is 0.336 e. The first-order valence-electron chi connectivity index (χ1n) is 7.15. The molecule has 5 heteroatoms. The Morgan fingerprint density at radius 1 is 0.833 bits per heavy atom. The molecule has 3 rings (SSSR count). The fourth-order valence-electron chi connectivity index (χ4n) is 2.58. The molecular weight excluding hydrogens is 345 g/mol. The van der Waals surface area contributed by atoms with E-state index in [1.165, 1.54) is 0 Å². The van der Waals surface area contributed by atoms with Gasteiger partial charge >= 0.3 is 5.97 Å². The lowest BCUT2D eigenvalue weighted by Crippen LogP contribution is -2.02. The third kappa shape index (κ3) is 3.09. The van der Waals surface area contributed by atoms with E-state index in [0.717, 1.165) is 16.7 Å². The third-order valence-electron chi connectivity index (χ3n) is 3.75. The predicted octanol–water partition coefficient (Wildman–Crippen LogP) is 5.61. The highest BCUT2D eigenvalue weighted by Gasteiger charge is 2.14. The van der Waals surface area contributed by atoms with E-state index in [1.807, 2.05) is 30.3 Å². The number of carbonyl (C=O) groups is 1. The van der Waals surface area contributed by atoms with Gasteiger partial charge in [-0.2, -0.15) is 0 Å². The number of hydrogen-bond acceptors (Lipinski definition) is 2. The van der Waals surface area contributed by atoms with Gasteiger partial charge in [0, 0.05) is 11.3 Å². The highest BCUT2D eigenvalue weighted by Crippen LogP contribution is 2.33. The molecule has 0 fully saturated rings. The summed E-state index contributed by atoms with van der Waals surface area (Å²) in [4.78, 5) is 11.4. The summed E-state index contributed by atoms with van der Waals surface area (Å²) in [5, 5.41) is 10.3. The van der Waals surface area contributed by atoms with Crippen molar-refractivity contribution in [2.75, 3.05) is 5.73 Å². The van der Waals surface area contributed by atoms with Crippen LogP contribution in [0.4, 0.5) is 5.69 Å². The largest absolute Gasteiger partial charge is 0.478 e. The molecule has 3 N–H and O–H groups in total. The van der Waals surface area contributed by atoms with Crippen molar-refractivity contribution >= 4 is 34.9 Å². The minimum absolute atomic E-state index is 0.178. The van der Waals surface area contributed by atoms with Gasteiger partial charge in [-0.3, -0.25) is 0 Å². The molecule has 0 saturated heterocycles. The number of carboxylic acids is 1. The Morgan fingerprint density at radius 3 is 2.08 bits per heavy atom. The monoisotopic (exact) mass is 357 g/mol. The Hall–Kier alpha value is -2.49. The van der Waals surface area contributed by atoms with Gasteiger partial charge in [-0.15, -0.1) is 0 Å². The zero-order valence-corrected chi connectivity index (χ0v) is 14.0. The van der Waals surface area contributed by atoms with Crippen molar-refractivity contribution in [2.24, 2.45) is 0 Å². The van der Waals surface area contributed by atoms with E-state index in [1.54, 1.807) is 30.3 Å². The van der Waals surface area contributed by atoms with Gasteiger partial charge in [-0.05, 0) is 41.0 Å². The van der Waals surface area contributed by atoms with E-state index in [2.05, 4.69) is 0 Å². The fourth-order valence-corrected chi connectivity index (χ4v) is 2.87. The first-order valence-corrected chi connectivity index (χ1v) is 7.90. The molecule has 0 aliphatic carbocycles. The van der Waals surface area contributed by atoms with Gasteiger partial charge in [0.15, 0.2) is 0 Å². The van der Waals surface area contributed by atoms with Gasteiger partial charge < -0.3 is 10.8 Å². The second-order valence-corrected chi connectivity index (χ2v) is 6.10. The molecule has 0 radical (unpaired) electrons. The number of hydrogen-bond donors (Lipinski definition) is 2. The number of nitrogen functional groups attached to an aromatic ring is 1. The Morgan fingerprint density at radius 2 is 1.46 bits per heavy atom. The second kappa shape index (κ2) is 6.56. The van der Waals surface area contributed by atoms with E-state index >= 15 is 0 Å². The zero-order chi connectivity index (χ0) is 17.3. The number of nitrogens with two attached hydrogens (primary N) is 1. The van der Waals surface area contributed by atoms with Crippen molar-refractivity contribution in [1.82, 2.24) is 0 Å². The molecule has 0 amide bonds. The van der Waals surface area contributed by atoms with Crippen molar-refractivity contribution in [3.63, 3.8) is 0 Å². The number of anilines is 1. The Balaban J connectivity index is 2.04. The number of halogens is 2. The molecule has 0 aliphatic rings. The molecule has 0 aliphatic heterocycles. The molecule has 3 aromatic rings. The molecule has 120 valence electrons. The van der Waals surface area contributed by atoms with Crippen LogP contribution < -0.4 is 5.73 Å². The predicted molar refractivity (Wildman–Crippen MR) is 98.7 cm³/mol. The topological polar surface area (TPSA) is 63.3 Å². The normalized spacial score (nSPS) is 10.6. The summed E-state index contributed by atoms with van der Waals surface area (Å²) < 4.78 is 0. The molecule has 0 spiro atoms. The molecule has 0 aromatic heterocycles. The summed E-state index contributed by atoms with van der Waals surface area (Å²) in [6, 6.07) is 17.7. The van der Waals surface area contributed by atoms with Crippen molar-refractivity contribution in [2.45, 2.75) is 0 Å². The smallest absolute Gasteiger partial charge is 0.336 e. The maximum absolute atomic E-state index is 11.4. The highest BCUT2D eigenvalue weighted by molar-refractivity contribution is 6.42. The minimum atomic E-state index is -1.01. The van der Waals surface area contributed by atoms with Crippen LogP contribution in [0.1, 0.15) is 10.4 Å². The number of carboxylic acid groups (broad SMARTS) is 1. The average Bonchev–Trinajstić information content (AvgIpc) is 2.57. The highest BCUT2D eigenvalue weighted by atomic mass is 35.5. The molecule has 24 heavy (non-hydrogen) atoms. The average molecular weight is 358 g/mol. The van der Waals surface area contributed by atoms with Crippen molar-refractivity contribution in [3.8, 4) is 22.3 Å². The Bertz CT molecular complexity index is 921.